The van der Waals surface area contributed by atoms with Gasteiger partial charge >= 0.3 is 0 Å². The fraction of sp³-hybridized carbons (Fsp3) is 0.462. The summed E-state index contributed by atoms with van der Waals surface area (Å²) in [4.78, 5) is 0. The molecule has 0 N–H and O–H groups in total. The lowest BCUT2D eigenvalue weighted by molar-refractivity contribution is 0.612. The molecule has 0 radical (unpaired) electrons. The molecule has 0 aliphatic heterocycles. The van der Waals surface area contributed by atoms with Gasteiger partial charge in [-0.05, 0) is 26.3 Å². The predicted octanol–water partition coefficient (Wildman–Crippen LogP) is 4.25. The number of nitrogens with zero attached hydrogens (tertiary/aromatic N) is 1. The number of allylic oxidation sites excluding steroid dienone is 4. The zero-order valence-electron chi connectivity index (χ0n) is 10.0. The smallest absolute Gasteiger partial charge is 0.0766 e. The van der Waals surface area contributed by atoms with E-state index < -0.39 is 5.41 Å². The van der Waals surface area contributed by atoms with E-state index in [2.05, 4.69) is 19.2 Å². The van der Waals surface area contributed by atoms with Crippen LogP contribution >= 0.6 is 0 Å². The van der Waals surface area contributed by atoms with Gasteiger partial charge in [0.25, 0.3) is 0 Å². The van der Waals surface area contributed by atoms with Gasteiger partial charge in [0.05, 0.1) is 11.5 Å². The molecule has 0 amide bonds. The molecule has 0 aromatic heterocycles. The number of rotatable bonds is 3. The van der Waals surface area contributed by atoms with E-state index in [-0.39, 0.29) is 0 Å². The van der Waals surface area contributed by atoms with Crippen molar-refractivity contribution in [2.45, 2.75) is 34.6 Å². The van der Waals surface area contributed by atoms with Crippen LogP contribution in [0.1, 0.15) is 34.6 Å². The summed E-state index contributed by atoms with van der Waals surface area (Å²) < 4.78 is 0. The second-order valence-corrected chi connectivity index (χ2v) is 3.39. The molecule has 0 fully saturated rings. The lowest BCUT2D eigenvalue weighted by Gasteiger charge is -2.16. The lowest BCUT2D eigenvalue weighted by atomic mass is 9.85. The van der Waals surface area contributed by atoms with Crippen molar-refractivity contribution in [3.63, 3.8) is 0 Å². The molecule has 0 aromatic carbocycles. The van der Waals surface area contributed by atoms with Gasteiger partial charge in [0.15, 0.2) is 0 Å². The minimum absolute atomic E-state index is 0.472. The molecule has 1 heteroatoms. The topological polar surface area (TPSA) is 23.8 Å². The Balaban J connectivity index is 0. The monoisotopic (exact) mass is 191 g/mol. The van der Waals surface area contributed by atoms with Gasteiger partial charge in [0.2, 0.25) is 0 Å². The largest absolute Gasteiger partial charge is 0.197 e. The second kappa shape index (κ2) is 7.15. The molecule has 0 unspecified atom stereocenters. The SMILES string of the molecule is C=C/C(=C\C(=C)C)C(C)(C)C#N.CC. The van der Waals surface area contributed by atoms with E-state index in [1.54, 1.807) is 6.08 Å². The molecule has 0 heterocycles. The number of nitriles is 1. The number of hydrogen-bond donors (Lipinski definition) is 0. The third-order valence-electron chi connectivity index (χ3n) is 1.62. The highest BCUT2D eigenvalue weighted by atomic mass is 14.3. The van der Waals surface area contributed by atoms with Crippen LogP contribution in [0.5, 0.6) is 0 Å². The van der Waals surface area contributed by atoms with Crippen LogP contribution in [0.2, 0.25) is 0 Å². The summed E-state index contributed by atoms with van der Waals surface area (Å²) >= 11 is 0. The molecule has 0 atom stereocenters. The molecule has 78 valence electrons. The minimum atomic E-state index is -0.472. The maximum absolute atomic E-state index is 8.84. The molecule has 0 rings (SSSR count). The Bertz CT molecular complexity index is 261. The Morgan fingerprint density at radius 1 is 1.36 bits per heavy atom. The first kappa shape index (κ1) is 15.2. The Hall–Kier alpha value is -1.29. The van der Waals surface area contributed by atoms with Crippen LogP contribution in [0.15, 0.2) is 36.5 Å². The fourth-order valence-electron chi connectivity index (χ4n) is 0.825. The van der Waals surface area contributed by atoms with E-state index in [0.717, 1.165) is 11.1 Å². The summed E-state index contributed by atoms with van der Waals surface area (Å²) in [6.07, 6.45) is 3.59. The van der Waals surface area contributed by atoms with Crippen LogP contribution in [-0.4, -0.2) is 0 Å². The minimum Gasteiger partial charge on any atom is -0.197 e. The molecule has 0 saturated carbocycles. The maximum Gasteiger partial charge on any atom is 0.0766 e. The Kier molecular flexibility index (Phi) is 7.76. The van der Waals surface area contributed by atoms with Gasteiger partial charge in [0.1, 0.15) is 0 Å². The molecular weight excluding hydrogens is 170 g/mol. The molecule has 0 aromatic rings. The van der Waals surface area contributed by atoms with Gasteiger partial charge in [-0.2, -0.15) is 5.26 Å². The normalized spacial score (nSPS) is 10.7. The van der Waals surface area contributed by atoms with E-state index >= 15 is 0 Å². The van der Waals surface area contributed by atoms with Crippen molar-refractivity contribution in [3.05, 3.63) is 36.5 Å². The fourth-order valence-corrected chi connectivity index (χ4v) is 0.825. The van der Waals surface area contributed by atoms with E-state index in [0.29, 0.717) is 0 Å². The van der Waals surface area contributed by atoms with Crippen molar-refractivity contribution in [2.75, 3.05) is 0 Å². The molecule has 0 aliphatic rings. The van der Waals surface area contributed by atoms with E-state index in [1.165, 1.54) is 0 Å². The summed E-state index contributed by atoms with van der Waals surface area (Å²) in [5.74, 6) is 0. The Morgan fingerprint density at radius 3 is 2.00 bits per heavy atom. The van der Waals surface area contributed by atoms with Crippen LogP contribution in [0, 0.1) is 16.7 Å². The van der Waals surface area contributed by atoms with Crippen molar-refractivity contribution in [1.29, 1.82) is 5.26 Å². The van der Waals surface area contributed by atoms with Crippen LogP contribution in [0.4, 0.5) is 0 Å². The predicted molar refractivity (Wildman–Crippen MR) is 63.8 cm³/mol. The summed E-state index contributed by atoms with van der Waals surface area (Å²) in [5.41, 5.74) is 1.38. The van der Waals surface area contributed by atoms with Crippen molar-refractivity contribution in [3.8, 4) is 6.07 Å². The first-order valence-corrected chi connectivity index (χ1v) is 4.85. The number of hydrogen-bond acceptors (Lipinski definition) is 1. The average molecular weight is 191 g/mol. The standard InChI is InChI=1S/C11H15N.C2H6/c1-6-10(7-9(2)3)11(4,5)8-12;1-2/h6-7H,1-2H2,3-5H3;1-2H3/b10-7+;. The first-order chi connectivity index (χ1) is 6.44. The Morgan fingerprint density at radius 2 is 1.79 bits per heavy atom. The van der Waals surface area contributed by atoms with Crippen LogP contribution < -0.4 is 0 Å². The average Bonchev–Trinajstić information content (AvgIpc) is 2.17. The van der Waals surface area contributed by atoms with Gasteiger partial charge in [-0.1, -0.05) is 44.7 Å². The van der Waals surface area contributed by atoms with Crippen molar-refractivity contribution >= 4 is 0 Å². The van der Waals surface area contributed by atoms with E-state index in [1.807, 2.05) is 40.7 Å². The third-order valence-corrected chi connectivity index (χ3v) is 1.62. The highest BCUT2D eigenvalue weighted by Gasteiger charge is 2.19. The molecule has 14 heavy (non-hydrogen) atoms. The quantitative estimate of drug-likeness (QED) is 0.612. The van der Waals surface area contributed by atoms with Gasteiger partial charge in [-0.15, -0.1) is 0 Å². The van der Waals surface area contributed by atoms with E-state index in [9.17, 15) is 0 Å². The van der Waals surface area contributed by atoms with Gasteiger partial charge in [-0.25, -0.2) is 0 Å². The van der Waals surface area contributed by atoms with Crippen LogP contribution in [0.25, 0.3) is 0 Å². The van der Waals surface area contributed by atoms with Crippen LogP contribution in [-0.2, 0) is 0 Å². The van der Waals surface area contributed by atoms with Crippen molar-refractivity contribution in [1.82, 2.24) is 0 Å². The van der Waals surface area contributed by atoms with Crippen molar-refractivity contribution < 1.29 is 0 Å². The highest BCUT2D eigenvalue weighted by Crippen LogP contribution is 2.26. The molecule has 1 nitrogen and oxygen atoms in total. The molecule has 0 saturated heterocycles. The van der Waals surface area contributed by atoms with Gasteiger partial charge < -0.3 is 0 Å². The van der Waals surface area contributed by atoms with Gasteiger partial charge in [-0.3, -0.25) is 0 Å². The molecular formula is C13H21N. The zero-order chi connectivity index (χ0) is 11.8. The van der Waals surface area contributed by atoms with Crippen molar-refractivity contribution in [2.24, 2.45) is 5.41 Å². The summed E-state index contributed by atoms with van der Waals surface area (Å²) in [6, 6.07) is 2.22. The first-order valence-electron chi connectivity index (χ1n) is 4.85. The molecule has 0 aliphatic carbocycles. The molecule has 0 spiro atoms. The molecule has 0 bridgehead atoms. The third kappa shape index (κ3) is 5.37. The van der Waals surface area contributed by atoms with E-state index in [4.69, 9.17) is 5.26 Å². The summed E-state index contributed by atoms with van der Waals surface area (Å²) in [6.45, 7) is 17.1. The van der Waals surface area contributed by atoms with Crippen LogP contribution in [0.3, 0.4) is 0 Å². The second-order valence-electron chi connectivity index (χ2n) is 3.39. The lowest BCUT2D eigenvalue weighted by Crippen LogP contribution is -2.10. The summed E-state index contributed by atoms with van der Waals surface area (Å²) in [7, 11) is 0. The maximum atomic E-state index is 8.84. The Labute approximate surface area is 88.4 Å². The summed E-state index contributed by atoms with van der Waals surface area (Å²) in [5, 5.41) is 8.84. The zero-order valence-corrected chi connectivity index (χ0v) is 10.0. The van der Waals surface area contributed by atoms with Gasteiger partial charge in [0, 0.05) is 0 Å². The highest BCUT2D eigenvalue weighted by molar-refractivity contribution is 5.35.